The first kappa shape index (κ1) is 18.9. The number of carbonyl (C=O) groups excluding carboxylic acids is 3. The van der Waals surface area contributed by atoms with Crippen molar-refractivity contribution < 1.29 is 14.4 Å². The lowest BCUT2D eigenvalue weighted by Crippen LogP contribution is -2.51. The number of aryl methyl sites for hydroxylation is 2. The normalized spacial score (nSPS) is 20.9. The van der Waals surface area contributed by atoms with Gasteiger partial charge in [0.1, 0.15) is 12.1 Å². The van der Waals surface area contributed by atoms with Crippen LogP contribution in [0.3, 0.4) is 0 Å². The van der Waals surface area contributed by atoms with Crippen molar-refractivity contribution >= 4 is 46.1 Å². The van der Waals surface area contributed by atoms with Crippen molar-refractivity contribution in [2.45, 2.75) is 31.7 Å². The summed E-state index contributed by atoms with van der Waals surface area (Å²) in [7, 11) is 0. The van der Waals surface area contributed by atoms with E-state index in [1.165, 1.54) is 5.56 Å². The molecule has 6 nitrogen and oxygen atoms in total. The highest BCUT2D eigenvalue weighted by atomic mass is 127. The van der Waals surface area contributed by atoms with Gasteiger partial charge in [-0.1, -0.05) is 24.3 Å². The largest absolute Gasteiger partial charge is 0.325 e. The number of imide groups is 1. The standard InChI is InChI=1S/C21H20IN3O3/c1-13-10-16(22)6-7-17(13)23-18(26)12-25-19(27)21(24-20(25)28)9-8-14-4-2-3-5-15(14)11-21/h2-7,10H,8-9,11-12H2,1H3,(H,23,26)(H,24,28). The van der Waals surface area contributed by atoms with E-state index in [0.29, 0.717) is 18.5 Å². The third kappa shape index (κ3) is 3.39. The molecule has 144 valence electrons. The minimum absolute atomic E-state index is 0.292. The Hall–Kier alpha value is -2.42. The Morgan fingerprint density at radius 2 is 1.96 bits per heavy atom. The van der Waals surface area contributed by atoms with E-state index in [2.05, 4.69) is 39.3 Å². The van der Waals surface area contributed by atoms with Crippen molar-refractivity contribution in [2.24, 2.45) is 0 Å². The SMILES string of the molecule is Cc1cc(I)ccc1NC(=O)CN1C(=O)NC2(CCc3ccccc3C2)C1=O. The molecule has 1 aliphatic heterocycles. The number of fused-ring (bicyclic) bond motifs is 1. The Labute approximate surface area is 176 Å². The Bertz CT molecular complexity index is 991. The molecule has 0 saturated carbocycles. The van der Waals surface area contributed by atoms with Gasteiger partial charge in [0.2, 0.25) is 5.91 Å². The van der Waals surface area contributed by atoms with Gasteiger partial charge in [0.15, 0.2) is 0 Å². The number of nitrogens with one attached hydrogen (secondary N) is 2. The highest BCUT2D eigenvalue weighted by molar-refractivity contribution is 14.1. The monoisotopic (exact) mass is 489 g/mol. The van der Waals surface area contributed by atoms with Crippen molar-refractivity contribution in [3.63, 3.8) is 0 Å². The molecule has 2 aromatic rings. The molecule has 0 aromatic heterocycles. The first-order valence-electron chi connectivity index (χ1n) is 9.15. The van der Waals surface area contributed by atoms with E-state index in [9.17, 15) is 14.4 Å². The predicted octanol–water partition coefficient (Wildman–Crippen LogP) is 3.02. The zero-order valence-corrected chi connectivity index (χ0v) is 17.6. The summed E-state index contributed by atoms with van der Waals surface area (Å²) in [4.78, 5) is 39.1. The molecule has 1 atom stereocenters. The minimum Gasteiger partial charge on any atom is -0.324 e. The fourth-order valence-corrected chi connectivity index (χ4v) is 4.59. The molecule has 1 aliphatic carbocycles. The average molecular weight is 489 g/mol. The van der Waals surface area contributed by atoms with Crippen LogP contribution in [-0.2, 0) is 22.4 Å². The summed E-state index contributed by atoms with van der Waals surface area (Å²) >= 11 is 2.20. The number of benzene rings is 2. The zero-order valence-electron chi connectivity index (χ0n) is 15.4. The Morgan fingerprint density at radius 3 is 2.71 bits per heavy atom. The number of nitrogens with zero attached hydrogens (tertiary/aromatic N) is 1. The van der Waals surface area contributed by atoms with Gasteiger partial charge in [-0.05, 0) is 77.2 Å². The van der Waals surface area contributed by atoms with Gasteiger partial charge in [0.25, 0.3) is 5.91 Å². The van der Waals surface area contributed by atoms with Crippen LogP contribution in [0.2, 0.25) is 0 Å². The van der Waals surface area contributed by atoms with Crippen LogP contribution in [0.25, 0.3) is 0 Å². The molecule has 0 radical (unpaired) electrons. The Morgan fingerprint density at radius 1 is 1.21 bits per heavy atom. The van der Waals surface area contributed by atoms with E-state index in [4.69, 9.17) is 0 Å². The second kappa shape index (κ2) is 7.20. The predicted molar refractivity (Wildman–Crippen MR) is 114 cm³/mol. The molecule has 1 unspecified atom stereocenters. The molecule has 2 aliphatic rings. The lowest BCUT2D eigenvalue weighted by Gasteiger charge is -2.32. The molecule has 4 amide bonds. The highest BCUT2D eigenvalue weighted by Gasteiger charge is 2.52. The van der Waals surface area contributed by atoms with Crippen LogP contribution >= 0.6 is 22.6 Å². The van der Waals surface area contributed by atoms with Crippen LogP contribution in [0.15, 0.2) is 42.5 Å². The summed E-state index contributed by atoms with van der Waals surface area (Å²) in [5.41, 5.74) is 2.95. The van der Waals surface area contributed by atoms with Crippen molar-refractivity contribution in [3.8, 4) is 0 Å². The molecule has 7 heteroatoms. The number of amides is 4. The van der Waals surface area contributed by atoms with Crippen molar-refractivity contribution in [1.29, 1.82) is 0 Å². The lowest BCUT2D eigenvalue weighted by atomic mass is 9.78. The van der Waals surface area contributed by atoms with E-state index in [-0.39, 0.29) is 18.4 Å². The summed E-state index contributed by atoms with van der Waals surface area (Å²) in [5, 5.41) is 5.65. The topological polar surface area (TPSA) is 78.5 Å². The third-order valence-corrected chi connectivity index (χ3v) is 6.11. The van der Waals surface area contributed by atoms with Gasteiger partial charge < -0.3 is 10.6 Å². The third-order valence-electron chi connectivity index (χ3n) is 5.44. The van der Waals surface area contributed by atoms with E-state index < -0.39 is 11.6 Å². The van der Waals surface area contributed by atoms with Crippen LogP contribution in [-0.4, -0.2) is 34.8 Å². The number of halogens is 1. The quantitative estimate of drug-likeness (QED) is 0.514. The van der Waals surface area contributed by atoms with E-state index in [0.717, 1.165) is 26.0 Å². The van der Waals surface area contributed by atoms with Gasteiger partial charge in [-0.2, -0.15) is 0 Å². The molecule has 28 heavy (non-hydrogen) atoms. The summed E-state index contributed by atoms with van der Waals surface area (Å²) in [6, 6.07) is 13.1. The molecule has 1 heterocycles. The molecule has 0 bridgehead atoms. The molecule has 1 saturated heterocycles. The summed E-state index contributed by atoms with van der Waals surface area (Å²) in [6.45, 7) is 1.61. The number of rotatable bonds is 3. The summed E-state index contributed by atoms with van der Waals surface area (Å²) < 4.78 is 1.07. The van der Waals surface area contributed by atoms with E-state index in [1.807, 2.05) is 43.3 Å². The summed E-state index contributed by atoms with van der Waals surface area (Å²) in [6.07, 6.45) is 1.73. The fourth-order valence-electron chi connectivity index (χ4n) is 3.95. The van der Waals surface area contributed by atoms with Crippen LogP contribution in [0, 0.1) is 10.5 Å². The molecular formula is C21H20IN3O3. The molecule has 4 rings (SSSR count). The van der Waals surface area contributed by atoms with Gasteiger partial charge >= 0.3 is 6.03 Å². The van der Waals surface area contributed by atoms with E-state index >= 15 is 0 Å². The molecule has 2 N–H and O–H groups in total. The Balaban J connectivity index is 1.48. The number of hydrogen-bond donors (Lipinski definition) is 2. The number of hydrogen-bond acceptors (Lipinski definition) is 3. The number of carbonyl (C=O) groups is 3. The molecular weight excluding hydrogens is 469 g/mol. The molecule has 2 aromatic carbocycles. The van der Waals surface area contributed by atoms with Gasteiger partial charge in [0.05, 0.1) is 0 Å². The van der Waals surface area contributed by atoms with Gasteiger partial charge in [-0.3, -0.25) is 14.5 Å². The second-order valence-corrected chi connectivity index (χ2v) is 8.60. The maximum absolute atomic E-state index is 13.1. The maximum Gasteiger partial charge on any atom is 0.325 e. The average Bonchev–Trinajstić information content (AvgIpc) is 2.88. The number of anilines is 1. The van der Waals surface area contributed by atoms with E-state index in [1.54, 1.807) is 0 Å². The molecule has 1 fully saturated rings. The molecule has 1 spiro atoms. The van der Waals surface area contributed by atoms with Crippen LogP contribution in [0.4, 0.5) is 10.5 Å². The summed E-state index contributed by atoms with van der Waals surface area (Å²) in [5.74, 6) is -0.706. The minimum atomic E-state index is -0.940. The highest BCUT2D eigenvalue weighted by Crippen LogP contribution is 2.33. The van der Waals surface area contributed by atoms with Crippen LogP contribution < -0.4 is 10.6 Å². The fraction of sp³-hybridized carbons (Fsp3) is 0.286. The van der Waals surface area contributed by atoms with Gasteiger partial charge in [0, 0.05) is 15.7 Å². The first-order valence-corrected chi connectivity index (χ1v) is 10.2. The lowest BCUT2D eigenvalue weighted by molar-refractivity contribution is -0.134. The van der Waals surface area contributed by atoms with Crippen molar-refractivity contribution in [1.82, 2.24) is 10.2 Å². The zero-order chi connectivity index (χ0) is 19.9. The van der Waals surface area contributed by atoms with Gasteiger partial charge in [-0.15, -0.1) is 0 Å². The van der Waals surface area contributed by atoms with Crippen molar-refractivity contribution in [3.05, 3.63) is 62.7 Å². The van der Waals surface area contributed by atoms with Crippen molar-refractivity contribution in [2.75, 3.05) is 11.9 Å². The second-order valence-electron chi connectivity index (χ2n) is 7.36. The Kier molecular flexibility index (Phi) is 4.86. The van der Waals surface area contributed by atoms with Crippen LogP contribution in [0.5, 0.6) is 0 Å². The van der Waals surface area contributed by atoms with Crippen LogP contribution in [0.1, 0.15) is 23.1 Å². The van der Waals surface area contributed by atoms with Gasteiger partial charge in [-0.25, -0.2) is 4.79 Å². The first-order chi connectivity index (χ1) is 13.4. The smallest absolute Gasteiger partial charge is 0.324 e. The number of urea groups is 1. The maximum atomic E-state index is 13.1.